The Bertz CT molecular complexity index is 859. The molecule has 2 N–H and O–H groups in total. The first-order valence-electron chi connectivity index (χ1n) is 7.46. The minimum absolute atomic E-state index is 0.250. The highest BCUT2D eigenvalue weighted by molar-refractivity contribution is 5.76. The second-order valence-electron chi connectivity index (χ2n) is 6.77. The van der Waals surface area contributed by atoms with E-state index in [2.05, 4.69) is 4.98 Å². The van der Waals surface area contributed by atoms with Crippen molar-refractivity contribution in [3.05, 3.63) is 59.4 Å². The molecule has 0 unspecified atom stereocenters. The van der Waals surface area contributed by atoms with Crippen LogP contribution in [-0.2, 0) is 12.0 Å². The van der Waals surface area contributed by atoms with E-state index in [0.29, 0.717) is 23.3 Å². The Hall–Kier alpha value is -2.43. The smallest absolute Gasteiger partial charge is 0.161 e. The van der Waals surface area contributed by atoms with Gasteiger partial charge < -0.3 is 10.3 Å². The number of hydrogen-bond donors (Lipinski definition) is 1. The first-order valence-corrected chi connectivity index (χ1v) is 7.46. The lowest BCUT2D eigenvalue weighted by Gasteiger charge is -2.20. The number of nitrogens with zero attached hydrogens (tertiary/aromatic N) is 2. The van der Waals surface area contributed by atoms with E-state index in [-0.39, 0.29) is 5.41 Å². The minimum Gasteiger partial charge on any atom is -0.399 e. The molecule has 0 aliphatic heterocycles. The van der Waals surface area contributed by atoms with Crippen LogP contribution in [0.4, 0.5) is 14.5 Å². The van der Waals surface area contributed by atoms with Gasteiger partial charge in [0.15, 0.2) is 11.6 Å². The molecular weight excluding hydrogens is 296 g/mol. The van der Waals surface area contributed by atoms with Crippen LogP contribution in [0.5, 0.6) is 0 Å². The second kappa shape index (κ2) is 5.33. The van der Waals surface area contributed by atoms with Gasteiger partial charge in [0.25, 0.3) is 0 Å². The van der Waals surface area contributed by atoms with E-state index in [1.807, 2.05) is 49.6 Å². The van der Waals surface area contributed by atoms with Crippen molar-refractivity contribution in [2.45, 2.75) is 32.7 Å². The molecule has 5 heteroatoms. The normalized spacial score (nSPS) is 12.0. The summed E-state index contributed by atoms with van der Waals surface area (Å²) >= 11 is 0. The average molecular weight is 315 g/mol. The Morgan fingerprint density at radius 3 is 2.26 bits per heavy atom. The monoisotopic (exact) mass is 315 g/mol. The molecular formula is C18H19F2N3. The topological polar surface area (TPSA) is 43.8 Å². The highest BCUT2D eigenvalue weighted by atomic mass is 19.2. The molecule has 0 atom stereocenters. The average Bonchev–Trinajstić information content (AvgIpc) is 2.80. The summed E-state index contributed by atoms with van der Waals surface area (Å²) in [6, 6.07) is 9.86. The molecule has 2 aromatic carbocycles. The number of nitrogen functional groups attached to an aromatic ring is 1. The Kier molecular flexibility index (Phi) is 3.59. The number of benzene rings is 2. The third-order valence-electron chi connectivity index (χ3n) is 3.78. The van der Waals surface area contributed by atoms with Crippen LogP contribution in [0.1, 0.15) is 32.2 Å². The molecule has 3 rings (SSSR count). The fourth-order valence-corrected chi connectivity index (χ4v) is 2.66. The largest absolute Gasteiger partial charge is 0.399 e. The van der Waals surface area contributed by atoms with Gasteiger partial charge in [-0.3, -0.25) is 0 Å². The molecule has 1 aromatic heterocycles. The summed E-state index contributed by atoms with van der Waals surface area (Å²) in [5.74, 6) is -0.958. The predicted octanol–water partition coefficient (Wildman–Crippen LogP) is 4.24. The first kappa shape index (κ1) is 15.5. The molecule has 0 saturated heterocycles. The van der Waals surface area contributed by atoms with Crippen molar-refractivity contribution < 1.29 is 8.78 Å². The summed E-state index contributed by atoms with van der Waals surface area (Å²) in [6.07, 6.45) is 0. The van der Waals surface area contributed by atoms with Crippen LogP contribution in [0, 0.1) is 11.6 Å². The predicted molar refractivity (Wildman–Crippen MR) is 88.3 cm³/mol. The lowest BCUT2D eigenvalue weighted by molar-refractivity contribution is 0.509. The molecule has 0 saturated carbocycles. The van der Waals surface area contributed by atoms with Crippen LogP contribution < -0.4 is 5.73 Å². The van der Waals surface area contributed by atoms with Crippen molar-refractivity contribution in [1.29, 1.82) is 0 Å². The van der Waals surface area contributed by atoms with Gasteiger partial charge in [-0.25, -0.2) is 13.8 Å². The van der Waals surface area contributed by atoms with Crippen molar-refractivity contribution in [3.63, 3.8) is 0 Å². The van der Waals surface area contributed by atoms with E-state index in [9.17, 15) is 8.78 Å². The van der Waals surface area contributed by atoms with Crippen molar-refractivity contribution in [1.82, 2.24) is 9.55 Å². The van der Waals surface area contributed by atoms with Crippen molar-refractivity contribution in [3.8, 4) is 0 Å². The fraction of sp³-hybridized carbons (Fsp3) is 0.278. The SMILES string of the molecule is CC(C)(C)c1nc2cc(F)c(F)cc2n1Cc1ccc(N)cc1. The second-order valence-corrected chi connectivity index (χ2v) is 6.77. The molecule has 0 aliphatic carbocycles. The number of anilines is 1. The highest BCUT2D eigenvalue weighted by Crippen LogP contribution is 2.28. The summed E-state index contributed by atoms with van der Waals surface area (Å²) in [5, 5.41) is 0. The van der Waals surface area contributed by atoms with Gasteiger partial charge in [-0.2, -0.15) is 0 Å². The Labute approximate surface area is 133 Å². The third kappa shape index (κ3) is 2.91. The number of nitrogens with two attached hydrogens (primary N) is 1. The fourth-order valence-electron chi connectivity index (χ4n) is 2.66. The lowest BCUT2D eigenvalue weighted by atomic mass is 9.95. The molecule has 0 fully saturated rings. The summed E-state index contributed by atoms with van der Waals surface area (Å²) in [4.78, 5) is 4.53. The van der Waals surface area contributed by atoms with E-state index < -0.39 is 11.6 Å². The number of aromatic nitrogens is 2. The van der Waals surface area contributed by atoms with Gasteiger partial charge in [0.1, 0.15) is 5.82 Å². The van der Waals surface area contributed by atoms with Crippen LogP contribution in [-0.4, -0.2) is 9.55 Å². The number of fused-ring (bicyclic) bond motifs is 1. The molecule has 0 bridgehead atoms. The van der Waals surface area contributed by atoms with Crippen molar-refractivity contribution >= 4 is 16.7 Å². The van der Waals surface area contributed by atoms with Crippen LogP contribution in [0.25, 0.3) is 11.0 Å². The van der Waals surface area contributed by atoms with Gasteiger partial charge in [-0.15, -0.1) is 0 Å². The Morgan fingerprint density at radius 1 is 1.04 bits per heavy atom. The number of halogens is 2. The third-order valence-corrected chi connectivity index (χ3v) is 3.78. The van der Waals surface area contributed by atoms with E-state index in [1.54, 1.807) is 0 Å². The van der Waals surface area contributed by atoms with E-state index in [0.717, 1.165) is 17.5 Å². The molecule has 23 heavy (non-hydrogen) atoms. The van der Waals surface area contributed by atoms with Gasteiger partial charge in [-0.1, -0.05) is 32.9 Å². The first-order chi connectivity index (χ1) is 10.8. The zero-order chi connectivity index (χ0) is 16.8. The van der Waals surface area contributed by atoms with Gasteiger partial charge >= 0.3 is 0 Å². The quantitative estimate of drug-likeness (QED) is 0.719. The van der Waals surface area contributed by atoms with E-state index in [4.69, 9.17) is 5.73 Å². The summed E-state index contributed by atoms with van der Waals surface area (Å²) in [7, 11) is 0. The molecule has 120 valence electrons. The van der Waals surface area contributed by atoms with E-state index in [1.165, 1.54) is 6.07 Å². The zero-order valence-corrected chi connectivity index (χ0v) is 13.4. The maximum Gasteiger partial charge on any atom is 0.161 e. The molecule has 3 aromatic rings. The molecule has 0 amide bonds. The van der Waals surface area contributed by atoms with Crippen LogP contribution in [0.15, 0.2) is 36.4 Å². The Balaban J connectivity index is 2.19. The number of rotatable bonds is 2. The summed E-state index contributed by atoms with van der Waals surface area (Å²) < 4.78 is 29.1. The van der Waals surface area contributed by atoms with Gasteiger partial charge in [-0.05, 0) is 17.7 Å². The van der Waals surface area contributed by atoms with Crippen molar-refractivity contribution in [2.75, 3.05) is 5.73 Å². The Morgan fingerprint density at radius 2 is 1.65 bits per heavy atom. The van der Waals surface area contributed by atoms with Gasteiger partial charge in [0, 0.05) is 29.8 Å². The van der Waals surface area contributed by atoms with Crippen LogP contribution >= 0.6 is 0 Å². The zero-order valence-electron chi connectivity index (χ0n) is 13.4. The number of imidazole rings is 1. The number of hydrogen-bond acceptors (Lipinski definition) is 2. The summed E-state index contributed by atoms with van der Waals surface area (Å²) in [6.45, 7) is 6.61. The summed E-state index contributed by atoms with van der Waals surface area (Å²) in [5.41, 5.74) is 8.23. The van der Waals surface area contributed by atoms with Crippen LogP contribution in [0.3, 0.4) is 0 Å². The molecule has 0 spiro atoms. The van der Waals surface area contributed by atoms with Gasteiger partial charge in [0.05, 0.1) is 11.0 Å². The van der Waals surface area contributed by atoms with Gasteiger partial charge in [0.2, 0.25) is 0 Å². The van der Waals surface area contributed by atoms with E-state index >= 15 is 0 Å². The standard InChI is InChI=1S/C18H19F2N3/c1-18(2,3)17-22-15-8-13(19)14(20)9-16(15)23(17)10-11-4-6-12(21)7-5-11/h4-9H,10,21H2,1-3H3. The lowest BCUT2D eigenvalue weighted by Crippen LogP contribution is -2.19. The minimum atomic E-state index is -0.880. The maximum absolute atomic E-state index is 13.7. The molecule has 1 heterocycles. The molecule has 3 nitrogen and oxygen atoms in total. The molecule has 0 radical (unpaired) electrons. The van der Waals surface area contributed by atoms with Crippen LogP contribution in [0.2, 0.25) is 0 Å². The highest BCUT2D eigenvalue weighted by Gasteiger charge is 2.24. The van der Waals surface area contributed by atoms with Crippen molar-refractivity contribution in [2.24, 2.45) is 0 Å². The molecule has 0 aliphatic rings. The maximum atomic E-state index is 13.7.